The van der Waals surface area contributed by atoms with E-state index in [4.69, 9.17) is 9.47 Å². The first-order valence-corrected chi connectivity index (χ1v) is 6.29. The molecule has 0 spiro atoms. The number of esters is 2. The summed E-state index contributed by atoms with van der Waals surface area (Å²) in [5.41, 5.74) is 1.57. The van der Waals surface area contributed by atoms with Gasteiger partial charge in [0.05, 0.1) is 12.8 Å². The van der Waals surface area contributed by atoms with E-state index >= 15 is 0 Å². The third-order valence-corrected chi connectivity index (χ3v) is 3.08. The Balaban J connectivity index is 2.00. The molecule has 1 aliphatic rings. The third kappa shape index (κ3) is 2.54. The molecule has 0 radical (unpaired) electrons. The van der Waals surface area contributed by atoms with Crippen molar-refractivity contribution in [2.75, 3.05) is 0 Å². The molecular weight excluding hydrogens is 256 g/mol. The smallest absolute Gasteiger partial charge is 0.315 e. The first-order valence-electron chi connectivity index (χ1n) is 6.29. The number of hydrogen-bond acceptors (Lipinski definition) is 4. The minimum Gasteiger partial charge on any atom is -0.422 e. The monoisotopic (exact) mass is 268 g/mol. The molecule has 0 saturated carbocycles. The largest absolute Gasteiger partial charge is 0.422 e. The first kappa shape index (κ1) is 12.4. The summed E-state index contributed by atoms with van der Waals surface area (Å²) in [5, 5.41) is 0. The number of carbonyl (C=O) groups is 2. The van der Waals surface area contributed by atoms with Crippen LogP contribution in [0.15, 0.2) is 48.5 Å². The second-order valence-electron chi connectivity index (χ2n) is 4.52. The average molecular weight is 268 g/mol. The van der Waals surface area contributed by atoms with Gasteiger partial charge in [-0.25, -0.2) is 0 Å². The highest BCUT2D eigenvalue weighted by Crippen LogP contribution is 2.28. The molecule has 4 heteroatoms. The molecule has 20 heavy (non-hydrogen) atoms. The maximum absolute atomic E-state index is 11.9. The van der Waals surface area contributed by atoms with Gasteiger partial charge < -0.3 is 9.47 Å². The lowest BCUT2D eigenvalue weighted by molar-refractivity contribution is -0.136. The zero-order valence-corrected chi connectivity index (χ0v) is 10.7. The van der Waals surface area contributed by atoms with Crippen LogP contribution in [0.3, 0.4) is 0 Å². The lowest BCUT2D eigenvalue weighted by Gasteiger charge is -2.14. The summed E-state index contributed by atoms with van der Waals surface area (Å²) in [4.78, 5) is 23.9. The van der Waals surface area contributed by atoms with Crippen LogP contribution in [-0.2, 0) is 22.4 Å². The Hall–Kier alpha value is -2.62. The molecule has 0 unspecified atom stereocenters. The quantitative estimate of drug-likeness (QED) is 0.543. The van der Waals surface area contributed by atoms with Crippen molar-refractivity contribution in [2.45, 2.75) is 12.8 Å². The molecule has 1 heterocycles. The highest BCUT2D eigenvalue weighted by molar-refractivity contribution is 5.81. The van der Waals surface area contributed by atoms with Gasteiger partial charge in [-0.2, -0.15) is 0 Å². The summed E-state index contributed by atoms with van der Waals surface area (Å²) < 4.78 is 10.5. The number of carbonyl (C=O) groups excluding carboxylic acids is 2. The van der Waals surface area contributed by atoms with E-state index in [9.17, 15) is 9.59 Å². The molecule has 0 saturated heterocycles. The van der Waals surface area contributed by atoms with Crippen LogP contribution in [0.2, 0.25) is 0 Å². The van der Waals surface area contributed by atoms with Crippen molar-refractivity contribution in [2.24, 2.45) is 0 Å². The van der Waals surface area contributed by atoms with Gasteiger partial charge in [-0.3, -0.25) is 9.59 Å². The first-order chi connectivity index (χ1) is 9.72. The molecule has 0 N–H and O–H groups in total. The topological polar surface area (TPSA) is 52.6 Å². The Morgan fingerprint density at radius 1 is 0.650 bits per heavy atom. The van der Waals surface area contributed by atoms with Crippen molar-refractivity contribution < 1.29 is 19.1 Å². The fraction of sp³-hybridized carbons (Fsp3) is 0.125. The van der Waals surface area contributed by atoms with Crippen LogP contribution in [0.1, 0.15) is 11.1 Å². The van der Waals surface area contributed by atoms with E-state index < -0.39 is 0 Å². The molecule has 0 aromatic heterocycles. The predicted molar refractivity (Wildman–Crippen MR) is 71.6 cm³/mol. The number of rotatable bonds is 0. The van der Waals surface area contributed by atoms with Crippen LogP contribution in [0.5, 0.6) is 11.5 Å². The van der Waals surface area contributed by atoms with Crippen LogP contribution in [-0.4, -0.2) is 11.9 Å². The molecule has 0 fully saturated rings. The van der Waals surface area contributed by atoms with Gasteiger partial charge in [0.15, 0.2) is 11.5 Å². The van der Waals surface area contributed by atoms with Crippen LogP contribution in [0, 0.1) is 0 Å². The minimum absolute atomic E-state index is 0.137. The number of hydrogen-bond donors (Lipinski definition) is 0. The predicted octanol–water partition coefficient (Wildman–Crippen LogP) is 2.30. The second kappa shape index (κ2) is 5.17. The van der Waals surface area contributed by atoms with Crippen LogP contribution >= 0.6 is 0 Å². The van der Waals surface area contributed by atoms with E-state index in [0.29, 0.717) is 0 Å². The maximum Gasteiger partial charge on any atom is 0.315 e. The Kier molecular flexibility index (Phi) is 3.21. The second-order valence-corrected chi connectivity index (χ2v) is 4.52. The fourth-order valence-electron chi connectivity index (χ4n) is 2.15. The summed E-state index contributed by atoms with van der Waals surface area (Å²) in [6.45, 7) is 0. The van der Waals surface area contributed by atoms with Gasteiger partial charge in [-0.15, -0.1) is 0 Å². The molecule has 0 bridgehead atoms. The molecule has 1 aliphatic heterocycles. The summed E-state index contributed by atoms with van der Waals surface area (Å²) in [6, 6.07) is 13.9. The van der Waals surface area contributed by atoms with Gasteiger partial charge in [-0.1, -0.05) is 36.4 Å². The van der Waals surface area contributed by atoms with Gasteiger partial charge in [0, 0.05) is 0 Å². The third-order valence-electron chi connectivity index (χ3n) is 3.08. The van der Waals surface area contributed by atoms with Crippen molar-refractivity contribution in [1.29, 1.82) is 0 Å². The van der Waals surface area contributed by atoms with E-state index in [1.165, 1.54) is 0 Å². The van der Waals surface area contributed by atoms with E-state index in [2.05, 4.69) is 0 Å². The van der Waals surface area contributed by atoms with Gasteiger partial charge >= 0.3 is 11.9 Å². The number of benzene rings is 2. The molecule has 2 aromatic rings. The fourth-order valence-corrected chi connectivity index (χ4v) is 2.15. The zero-order chi connectivity index (χ0) is 13.9. The molecule has 0 atom stereocenters. The SMILES string of the molecule is O=C1Cc2ccccc2CC(=O)Oc2ccccc2O1. The lowest BCUT2D eigenvalue weighted by atomic mass is 10.0. The van der Waals surface area contributed by atoms with Crippen LogP contribution in [0.4, 0.5) is 0 Å². The molecule has 3 rings (SSSR count). The minimum atomic E-state index is -0.372. The van der Waals surface area contributed by atoms with E-state index in [-0.39, 0.29) is 36.3 Å². The Labute approximate surface area is 115 Å². The van der Waals surface area contributed by atoms with E-state index in [1.807, 2.05) is 24.3 Å². The summed E-state index contributed by atoms with van der Waals surface area (Å²) in [5.74, 6) is -0.207. The van der Waals surface area contributed by atoms with Gasteiger partial charge in [-0.05, 0) is 23.3 Å². The Morgan fingerprint density at radius 3 is 1.50 bits per heavy atom. The molecule has 0 aliphatic carbocycles. The maximum atomic E-state index is 11.9. The normalized spacial score (nSPS) is 14.6. The highest BCUT2D eigenvalue weighted by Gasteiger charge is 2.18. The van der Waals surface area contributed by atoms with Crippen molar-refractivity contribution >= 4 is 11.9 Å². The average Bonchev–Trinajstić information content (AvgIpc) is 2.43. The summed E-state index contributed by atoms with van der Waals surface area (Å²) in [6.07, 6.45) is 0.273. The van der Waals surface area contributed by atoms with Gasteiger partial charge in [0.1, 0.15) is 0 Å². The van der Waals surface area contributed by atoms with Gasteiger partial charge in [0.2, 0.25) is 0 Å². The van der Waals surface area contributed by atoms with Crippen molar-refractivity contribution in [3.05, 3.63) is 59.7 Å². The molecule has 4 nitrogen and oxygen atoms in total. The number of ether oxygens (including phenoxy) is 2. The van der Waals surface area contributed by atoms with Crippen LogP contribution in [0.25, 0.3) is 0 Å². The molecule has 2 aromatic carbocycles. The summed E-state index contributed by atoms with van der Waals surface area (Å²) >= 11 is 0. The number of para-hydroxylation sites is 2. The zero-order valence-electron chi connectivity index (χ0n) is 10.7. The molecule has 100 valence electrons. The van der Waals surface area contributed by atoms with Crippen molar-refractivity contribution in [3.8, 4) is 11.5 Å². The standard InChI is InChI=1S/C16H12O4/c17-15-9-11-5-1-2-6-12(11)10-16(18)20-14-8-4-3-7-13(14)19-15/h1-8H,9-10H2. The summed E-state index contributed by atoms with van der Waals surface area (Å²) in [7, 11) is 0. The van der Waals surface area contributed by atoms with Crippen LogP contribution < -0.4 is 9.47 Å². The van der Waals surface area contributed by atoms with Gasteiger partial charge in [0.25, 0.3) is 0 Å². The van der Waals surface area contributed by atoms with Crippen molar-refractivity contribution in [3.63, 3.8) is 0 Å². The Morgan fingerprint density at radius 2 is 1.05 bits per heavy atom. The van der Waals surface area contributed by atoms with E-state index in [0.717, 1.165) is 11.1 Å². The molecular formula is C16H12O4. The Bertz CT molecular complexity index is 562. The highest BCUT2D eigenvalue weighted by atomic mass is 16.6. The molecule has 0 amide bonds. The van der Waals surface area contributed by atoms with Crippen molar-refractivity contribution in [1.82, 2.24) is 0 Å². The number of fused-ring (bicyclic) bond motifs is 2. The van der Waals surface area contributed by atoms with E-state index in [1.54, 1.807) is 24.3 Å². The lowest BCUT2D eigenvalue weighted by Crippen LogP contribution is -2.19.